The van der Waals surface area contributed by atoms with Gasteiger partial charge in [0.05, 0.1) is 6.61 Å². The Morgan fingerprint density at radius 3 is 2.00 bits per heavy atom. The van der Waals surface area contributed by atoms with Crippen LogP contribution in [-0.2, 0) is 14.9 Å². The fourth-order valence-corrected chi connectivity index (χ4v) is 2.68. The summed E-state index contributed by atoms with van der Waals surface area (Å²) in [5, 5.41) is 8.63. The molecule has 0 saturated carbocycles. The van der Waals surface area contributed by atoms with Crippen LogP contribution in [0.3, 0.4) is 0 Å². The molecule has 2 aromatic carbocycles. The van der Waals surface area contributed by atoms with Crippen molar-refractivity contribution in [3.8, 4) is 5.75 Å². The predicted molar refractivity (Wildman–Crippen MR) is 104 cm³/mol. The third-order valence-electron chi connectivity index (χ3n) is 3.38. The van der Waals surface area contributed by atoms with Crippen molar-refractivity contribution in [2.45, 2.75) is 19.4 Å². The molecular weight excluding hydrogens is 433 g/mol. The average molecular weight is 449 g/mol. The summed E-state index contributed by atoms with van der Waals surface area (Å²) in [7, 11) is -5.75. The second-order valence-electron chi connectivity index (χ2n) is 5.52. The van der Waals surface area contributed by atoms with Crippen molar-refractivity contribution in [3.05, 3.63) is 64.7 Å². The summed E-state index contributed by atoms with van der Waals surface area (Å²) in [5.74, 6) is -0.175. The standard InChI is InChI=1S/C18H16ClF3N2O4S/c1-3-27-12(2)23-24-17(13-4-8-15(19)9-5-13)14-6-10-16(11-7-14)28-29(25,26)18(20,21)22/h4-11H,3H2,1-2H3/b23-12-,24-17+. The molecule has 0 fully saturated rings. The Labute approximate surface area is 170 Å². The Bertz CT molecular complexity index is 1000. The van der Waals surface area contributed by atoms with E-state index < -0.39 is 21.4 Å². The first-order valence-corrected chi connectivity index (χ1v) is 9.94. The Morgan fingerprint density at radius 2 is 1.52 bits per heavy atom. The van der Waals surface area contributed by atoms with Gasteiger partial charge >= 0.3 is 15.6 Å². The Morgan fingerprint density at radius 1 is 1.00 bits per heavy atom. The summed E-state index contributed by atoms with van der Waals surface area (Å²) in [5.41, 5.74) is -4.07. The van der Waals surface area contributed by atoms with Crippen LogP contribution in [-0.4, -0.2) is 32.1 Å². The number of alkyl halides is 3. The van der Waals surface area contributed by atoms with Gasteiger partial charge in [-0.25, -0.2) is 0 Å². The Balaban J connectivity index is 2.40. The van der Waals surface area contributed by atoms with Crippen LogP contribution in [0.4, 0.5) is 13.2 Å². The maximum Gasteiger partial charge on any atom is 0.534 e. The summed E-state index contributed by atoms with van der Waals surface area (Å²) in [6.07, 6.45) is 0. The van der Waals surface area contributed by atoms with Gasteiger partial charge in [-0.2, -0.15) is 21.6 Å². The smallest absolute Gasteiger partial charge is 0.480 e. The normalized spacial score (nSPS) is 13.3. The van der Waals surface area contributed by atoms with E-state index >= 15 is 0 Å². The average Bonchev–Trinajstić information content (AvgIpc) is 2.63. The molecule has 0 spiro atoms. The van der Waals surface area contributed by atoms with Crippen LogP contribution in [0, 0.1) is 0 Å². The van der Waals surface area contributed by atoms with Gasteiger partial charge in [-0.3, -0.25) is 0 Å². The topological polar surface area (TPSA) is 77.3 Å². The largest absolute Gasteiger partial charge is 0.534 e. The van der Waals surface area contributed by atoms with Crippen molar-refractivity contribution in [1.82, 2.24) is 0 Å². The fourth-order valence-electron chi connectivity index (χ4n) is 2.09. The van der Waals surface area contributed by atoms with E-state index in [-0.39, 0.29) is 0 Å². The minimum Gasteiger partial charge on any atom is -0.480 e. The molecule has 2 rings (SSSR count). The maximum atomic E-state index is 12.4. The quantitative estimate of drug-likeness (QED) is 0.209. The van der Waals surface area contributed by atoms with Crippen LogP contribution in [0.15, 0.2) is 58.7 Å². The number of nitrogens with zero attached hydrogens (tertiary/aromatic N) is 2. The highest BCUT2D eigenvalue weighted by Crippen LogP contribution is 2.27. The number of ether oxygens (including phenoxy) is 1. The highest BCUT2D eigenvalue weighted by Gasteiger charge is 2.48. The molecule has 0 radical (unpaired) electrons. The molecule has 2 aromatic rings. The molecule has 0 atom stereocenters. The van der Waals surface area contributed by atoms with Gasteiger partial charge in [0.1, 0.15) is 11.5 Å². The van der Waals surface area contributed by atoms with Crippen LogP contribution in [0.1, 0.15) is 25.0 Å². The molecule has 0 saturated heterocycles. The Kier molecular flexibility index (Phi) is 7.26. The van der Waals surface area contributed by atoms with Crippen molar-refractivity contribution in [3.63, 3.8) is 0 Å². The third kappa shape index (κ3) is 6.20. The van der Waals surface area contributed by atoms with E-state index in [2.05, 4.69) is 14.4 Å². The van der Waals surface area contributed by atoms with E-state index in [1.165, 1.54) is 12.1 Å². The van der Waals surface area contributed by atoms with Crippen molar-refractivity contribution < 1.29 is 30.5 Å². The number of hydrogen-bond acceptors (Lipinski definition) is 6. The van der Waals surface area contributed by atoms with Crippen molar-refractivity contribution >= 4 is 33.3 Å². The van der Waals surface area contributed by atoms with E-state index in [9.17, 15) is 21.6 Å². The van der Waals surface area contributed by atoms with Gasteiger partial charge in [0.2, 0.25) is 5.90 Å². The van der Waals surface area contributed by atoms with E-state index in [4.69, 9.17) is 16.3 Å². The minimum atomic E-state index is -5.75. The first-order chi connectivity index (χ1) is 13.5. The summed E-state index contributed by atoms with van der Waals surface area (Å²) < 4.78 is 68.9. The van der Waals surface area contributed by atoms with Gasteiger partial charge in [0, 0.05) is 23.1 Å². The number of benzene rings is 2. The molecule has 0 heterocycles. The van der Waals surface area contributed by atoms with Gasteiger partial charge in [0.15, 0.2) is 0 Å². The predicted octanol–water partition coefficient (Wildman–Crippen LogP) is 4.78. The second-order valence-corrected chi connectivity index (χ2v) is 7.49. The molecule has 0 aliphatic carbocycles. The molecular formula is C18H16ClF3N2O4S. The van der Waals surface area contributed by atoms with Crippen LogP contribution >= 0.6 is 11.6 Å². The van der Waals surface area contributed by atoms with E-state index in [1.54, 1.807) is 38.1 Å². The molecule has 0 aromatic heterocycles. The molecule has 0 aliphatic rings. The van der Waals surface area contributed by atoms with E-state index in [1.807, 2.05) is 0 Å². The minimum absolute atomic E-state index is 0.315. The first kappa shape index (κ1) is 22.7. The number of hydrogen-bond donors (Lipinski definition) is 0. The lowest BCUT2D eigenvalue weighted by atomic mass is 10.0. The van der Waals surface area contributed by atoms with E-state index in [0.717, 1.165) is 12.1 Å². The number of halogens is 4. The molecule has 0 unspecified atom stereocenters. The lowest BCUT2D eigenvalue weighted by Crippen LogP contribution is -2.28. The third-order valence-corrected chi connectivity index (χ3v) is 4.61. The lowest BCUT2D eigenvalue weighted by molar-refractivity contribution is -0.0500. The van der Waals surface area contributed by atoms with Crippen molar-refractivity contribution in [2.75, 3.05) is 6.61 Å². The van der Waals surface area contributed by atoms with Gasteiger partial charge in [0.25, 0.3) is 0 Å². The molecule has 11 heteroatoms. The summed E-state index contributed by atoms with van der Waals surface area (Å²) in [6.45, 7) is 3.81. The lowest BCUT2D eigenvalue weighted by Gasteiger charge is -2.10. The zero-order chi connectivity index (χ0) is 21.7. The molecule has 0 aliphatic heterocycles. The van der Waals surface area contributed by atoms with Crippen molar-refractivity contribution in [1.29, 1.82) is 0 Å². The maximum absolute atomic E-state index is 12.4. The number of rotatable bonds is 6. The molecule has 0 N–H and O–H groups in total. The van der Waals surface area contributed by atoms with Gasteiger partial charge < -0.3 is 8.92 Å². The summed E-state index contributed by atoms with van der Waals surface area (Å²) in [6, 6.07) is 11.5. The fraction of sp³-hybridized carbons (Fsp3) is 0.222. The highest BCUT2D eigenvalue weighted by molar-refractivity contribution is 7.88. The second kappa shape index (κ2) is 9.27. The van der Waals surface area contributed by atoms with Crippen LogP contribution < -0.4 is 4.18 Å². The van der Waals surface area contributed by atoms with Crippen molar-refractivity contribution in [2.24, 2.45) is 10.2 Å². The van der Waals surface area contributed by atoms with Crippen LogP contribution in [0.5, 0.6) is 5.75 Å². The molecule has 6 nitrogen and oxygen atoms in total. The highest BCUT2D eigenvalue weighted by atomic mass is 35.5. The molecule has 156 valence electrons. The zero-order valence-corrected chi connectivity index (χ0v) is 16.8. The van der Waals surface area contributed by atoms with Gasteiger partial charge in [-0.1, -0.05) is 23.7 Å². The summed E-state index contributed by atoms with van der Waals surface area (Å²) in [4.78, 5) is 0. The molecule has 0 amide bonds. The molecule has 29 heavy (non-hydrogen) atoms. The van der Waals surface area contributed by atoms with Crippen LogP contribution in [0.25, 0.3) is 0 Å². The van der Waals surface area contributed by atoms with E-state index in [0.29, 0.717) is 34.4 Å². The van der Waals surface area contributed by atoms with Crippen LogP contribution in [0.2, 0.25) is 5.02 Å². The summed E-state index contributed by atoms with van der Waals surface area (Å²) >= 11 is 5.90. The van der Waals surface area contributed by atoms with Gasteiger partial charge in [-0.15, -0.1) is 10.2 Å². The first-order valence-electron chi connectivity index (χ1n) is 8.15. The zero-order valence-electron chi connectivity index (χ0n) is 15.3. The molecule has 0 bridgehead atoms. The Hall–Kier alpha value is -2.59. The SMILES string of the molecule is CCO/C(C)=N\N=C(/c1ccc(Cl)cc1)c1ccc(OS(=O)(=O)C(F)(F)F)cc1. The monoisotopic (exact) mass is 448 g/mol. The van der Waals surface area contributed by atoms with Gasteiger partial charge in [-0.05, 0) is 43.3 Å².